The molecule has 0 bridgehead atoms. The fourth-order valence-corrected chi connectivity index (χ4v) is 4.46. The molecular formula is C26H26N4O8. The Morgan fingerprint density at radius 1 is 1.03 bits per heavy atom. The van der Waals surface area contributed by atoms with Gasteiger partial charge < -0.3 is 14.6 Å². The number of hydrazine groups is 1. The Labute approximate surface area is 216 Å². The van der Waals surface area contributed by atoms with E-state index < -0.39 is 42.4 Å². The molecule has 4 rings (SSSR count). The SMILES string of the molecule is CCOC(=O)CN(Cc1cc(=O)[nH]c(=O)n1CC(=O)O)NC(=O)OCC1c2ccccc2-c2ccccc21. The minimum atomic E-state index is -1.32. The van der Waals surface area contributed by atoms with Crippen molar-refractivity contribution >= 4 is 18.0 Å². The molecule has 0 radical (unpaired) electrons. The van der Waals surface area contributed by atoms with Gasteiger partial charge in [-0.2, -0.15) is 0 Å². The number of carbonyl (C=O) groups is 3. The van der Waals surface area contributed by atoms with Crippen LogP contribution in [0.5, 0.6) is 0 Å². The zero-order valence-corrected chi connectivity index (χ0v) is 20.5. The van der Waals surface area contributed by atoms with E-state index in [-0.39, 0.29) is 31.4 Å². The van der Waals surface area contributed by atoms with Gasteiger partial charge in [-0.15, -0.1) is 0 Å². The Balaban J connectivity index is 1.51. The number of H-pyrrole nitrogens is 1. The molecule has 12 heteroatoms. The molecule has 0 fully saturated rings. The number of fused-ring (bicyclic) bond motifs is 3. The number of carboxylic acids is 1. The summed E-state index contributed by atoms with van der Waals surface area (Å²) in [5.74, 6) is -2.20. The standard InChI is InChI=1S/C26H26N4O8/c1-2-37-24(34)14-29(12-16-11-22(31)27-25(35)30(16)13-23(32)33)28-26(36)38-15-21-19-9-5-3-7-17(19)18-8-4-6-10-20(18)21/h3-11,21H,2,12-15H2,1H3,(H,28,36)(H,32,33)(H,27,31,35). The number of nitrogens with zero attached hydrogens (tertiary/aromatic N) is 2. The number of ether oxygens (including phenoxy) is 2. The summed E-state index contributed by atoms with van der Waals surface area (Å²) < 4.78 is 11.3. The molecular weight excluding hydrogens is 496 g/mol. The van der Waals surface area contributed by atoms with Gasteiger partial charge in [-0.05, 0) is 29.2 Å². The van der Waals surface area contributed by atoms with Crippen LogP contribution < -0.4 is 16.7 Å². The molecule has 0 spiro atoms. The third-order valence-corrected chi connectivity index (χ3v) is 5.98. The number of nitrogens with one attached hydrogen (secondary N) is 2. The largest absolute Gasteiger partial charge is 0.480 e. The van der Waals surface area contributed by atoms with E-state index in [0.29, 0.717) is 0 Å². The molecule has 38 heavy (non-hydrogen) atoms. The molecule has 198 valence electrons. The number of benzene rings is 2. The number of hydrogen-bond acceptors (Lipinski definition) is 8. The number of aromatic nitrogens is 2. The fraction of sp³-hybridized carbons (Fsp3) is 0.269. The van der Waals surface area contributed by atoms with Crippen molar-refractivity contribution in [1.29, 1.82) is 0 Å². The molecule has 1 heterocycles. The van der Waals surface area contributed by atoms with Crippen LogP contribution in [0.15, 0.2) is 64.2 Å². The molecule has 0 unspecified atom stereocenters. The predicted octanol–water partition coefficient (Wildman–Crippen LogP) is 1.44. The van der Waals surface area contributed by atoms with Crippen molar-refractivity contribution in [2.24, 2.45) is 0 Å². The summed E-state index contributed by atoms with van der Waals surface area (Å²) in [6, 6.07) is 16.7. The Morgan fingerprint density at radius 2 is 1.66 bits per heavy atom. The molecule has 0 aliphatic heterocycles. The van der Waals surface area contributed by atoms with Crippen molar-refractivity contribution in [3.8, 4) is 11.1 Å². The van der Waals surface area contributed by atoms with Crippen molar-refractivity contribution in [2.75, 3.05) is 19.8 Å². The molecule has 3 aromatic rings. The molecule has 1 aliphatic rings. The minimum absolute atomic E-state index is 0.0157. The summed E-state index contributed by atoms with van der Waals surface area (Å²) in [7, 11) is 0. The molecule has 1 amide bonds. The number of aromatic amines is 1. The van der Waals surface area contributed by atoms with E-state index in [4.69, 9.17) is 14.6 Å². The average Bonchev–Trinajstić information content (AvgIpc) is 3.18. The van der Waals surface area contributed by atoms with Gasteiger partial charge in [0.15, 0.2) is 0 Å². The van der Waals surface area contributed by atoms with Crippen LogP contribution in [-0.4, -0.2) is 57.5 Å². The molecule has 0 atom stereocenters. The van der Waals surface area contributed by atoms with Gasteiger partial charge in [0.1, 0.15) is 19.7 Å². The van der Waals surface area contributed by atoms with Crippen molar-refractivity contribution in [2.45, 2.75) is 25.9 Å². The van der Waals surface area contributed by atoms with Gasteiger partial charge in [0.25, 0.3) is 5.56 Å². The molecule has 0 saturated heterocycles. The Kier molecular flexibility index (Phi) is 8.02. The summed E-state index contributed by atoms with van der Waals surface area (Å²) >= 11 is 0. The topological polar surface area (TPSA) is 160 Å². The second-order valence-electron chi connectivity index (χ2n) is 8.51. The van der Waals surface area contributed by atoms with Gasteiger partial charge in [0.2, 0.25) is 0 Å². The second kappa shape index (κ2) is 11.6. The van der Waals surface area contributed by atoms with E-state index in [1.165, 1.54) is 0 Å². The predicted molar refractivity (Wildman–Crippen MR) is 134 cm³/mol. The third kappa shape index (κ3) is 5.98. The van der Waals surface area contributed by atoms with Crippen molar-refractivity contribution < 1.29 is 29.0 Å². The first kappa shape index (κ1) is 26.4. The monoisotopic (exact) mass is 522 g/mol. The quantitative estimate of drug-likeness (QED) is 0.264. The highest BCUT2D eigenvalue weighted by Crippen LogP contribution is 2.44. The van der Waals surface area contributed by atoms with Crippen LogP contribution in [0.1, 0.15) is 29.7 Å². The lowest BCUT2D eigenvalue weighted by Crippen LogP contribution is -2.47. The van der Waals surface area contributed by atoms with Gasteiger partial charge in [-0.1, -0.05) is 48.5 Å². The molecule has 12 nitrogen and oxygen atoms in total. The number of rotatable bonds is 10. The minimum Gasteiger partial charge on any atom is -0.480 e. The molecule has 1 aromatic heterocycles. The summed E-state index contributed by atoms with van der Waals surface area (Å²) in [4.78, 5) is 62.3. The van der Waals surface area contributed by atoms with Crippen LogP contribution in [-0.2, 0) is 32.2 Å². The fourth-order valence-electron chi connectivity index (χ4n) is 4.46. The van der Waals surface area contributed by atoms with E-state index >= 15 is 0 Å². The Hall–Kier alpha value is -4.71. The highest BCUT2D eigenvalue weighted by molar-refractivity contribution is 5.79. The Morgan fingerprint density at radius 3 is 2.26 bits per heavy atom. The first-order chi connectivity index (χ1) is 18.3. The van der Waals surface area contributed by atoms with Gasteiger partial charge in [0, 0.05) is 17.7 Å². The maximum absolute atomic E-state index is 12.8. The zero-order valence-electron chi connectivity index (χ0n) is 20.5. The summed E-state index contributed by atoms with van der Waals surface area (Å²) in [6.45, 7) is 0.182. The number of carbonyl (C=O) groups excluding carboxylic acids is 2. The second-order valence-corrected chi connectivity index (χ2v) is 8.51. The molecule has 0 saturated carbocycles. The normalized spacial score (nSPS) is 12.1. The van der Waals surface area contributed by atoms with Gasteiger partial charge in [-0.25, -0.2) is 14.6 Å². The summed E-state index contributed by atoms with van der Waals surface area (Å²) in [6.07, 6.45) is -0.881. The van der Waals surface area contributed by atoms with E-state index in [0.717, 1.165) is 37.9 Å². The molecule has 1 aliphatic carbocycles. The number of aliphatic carboxylic acids is 1. The van der Waals surface area contributed by atoms with Crippen LogP contribution in [0.4, 0.5) is 4.79 Å². The van der Waals surface area contributed by atoms with Crippen LogP contribution in [0.3, 0.4) is 0 Å². The van der Waals surface area contributed by atoms with Gasteiger partial charge >= 0.3 is 23.7 Å². The van der Waals surface area contributed by atoms with E-state index in [1.807, 2.05) is 53.5 Å². The van der Waals surface area contributed by atoms with E-state index in [2.05, 4.69) is 5.43 Å². The van der Waals surface area contributed by atoms with E-state index in [1.54, 1.807) is 6.92 Å². The highest BCUT2D eigenvalue weighted by Gasteiger charge is 2.29. The lowest BCUT2D eigenvalue weighted by atomic mass is 9.98. The lowest BCUT2D eigenvalue weighted by Gasteiger charge is -2.23. The maximum Gasteiger partial charge on any atom is 0.421 e. The zero-order chi connectivity index (χ0) is 27.2. The van der Waals surface area contributed by atoms with Crippen molar-refractivity contribution in [1.82, 2.24) is 20.0 Å². The smallest absolute Gasteiger partial charge is 0.421 e. The van der Waals surface area contributed by atoms with Crippen LogP contribution in [0.2, 0.25) is 0 Å². The maximum atomic E-state index is 12.8. The van der Waals surface area contributed by atoms with Crippen LogP contribution in [0.25, 0.3) is 11.1 Å². The first-order valence-electron chi connectivity index (χ1n) is 11.8. The third-order valence-electron chi connectivity index (χ3n) is 5.98. The number of carboxylic acid groups (broad SMARTS) is 1. The lowest BCUT2D eigenvalue weighted by molar-refractivity contribution is -0.145. The van der Waals surface area contributed by atoms with Crippen molar-refractivity contribution in [3.05, 3.63) is 92.3 Å². The van der Waals surface area contributed by atoms with Crippen LogP contribution in [0, 0.1) is 0 Å². The average molecular weight is 523 g/mol. The highest BCUT2D eigenvalue weighted by atomic mass is 16.6. The van der Waals surface area contributed by atoms with E-state index in [9.17, 15) is 24.0 Å². The molecule has 3 N–H and O–H groups in total. The number of hydrogen-bond donors (Lipinski definition) is 3. The number of amides is 1. The van der Waals surface area contributed by atoms with Gasteiger partial charge in [-0.3, -0.25) is 29.4 Å². The van der Waals surface area contributed by atoms with Crippen LogP contribution >= 0.6 is 0 Å². The van der Waals surface area contributed by atoms with Gasteiger partial charge in [0.05, 0.1) is 13.2 Å². The summed E-state index contributed by atoms with van der Waals surface area (Å²) in [5, 5.41) is 10.3. The molecule has 2 aromatic carbocycles. The number of esters is 1. The first-order valence-corrected chi connectivity index (χ1v) is 11.8. The van der Waals surface area contributed by atoms with Crippen molar-refractivity contribution in [3.63, 3.8) is 0 Å². The Bertz CT molecular complexity index is 1430. The summed E-state index contributed by atoms with van der Waals surface area (Å²) in [5.41, 5.74) is 4.87.